The maximum Gasteiger partial charge on any atom is 0.159 e. The summed E-state index contributed by atoms with van der Waals surface area (Å²) < 4.78 is 1.07. The summed E-state index contributed by atoms with van der Waals surface area (Å²) >= 11 is 3.50. The molecule has 0 amide bonds. The Hall–Kier alpha value is -0.930. The van der Waals surface area contributed by atoms with Crippen molar-refractivity contribution in [1.29, 1.82) is 0 Å². The van der Waals surface area contributed by atoms with Gasteiger partial charge in [0.05, 0.1) is 6.10 Å². The van der Waals surface area contributed by atoms with Crippen LogP contribution in [0.15, 0.2) is 34.3 Å². The van der Waals surface area contributed by atoms with Crippen molar-refractivity contribution in [3.05, 3.63) is 39.9 Å². The summed E-state index contributed by atoms with van der Waals surface area (Å²) in [6.45, 7) is 4.84. The van der Waals surface area contributed by atoms with E-state index in [1.54, 1.807) is 0 Å². The standard InChI is InChI=1S/C26H33BrO2/c1-25-12-11-22-20(21(25)9-10-24(25)29)8-5-18-14-23(28)17(15-26(18,22)2)13-16-3-6-19(27)7-4-16/h3-4,6-7,13,18,20-22,24,29H,5,8-12,14-15H2,1-2H3/b17-13-. The van der Waals surface area contributed by atoms with Crippen molar-refractivity contribution >= 4 is 27.8 Å². The number of hydrogen-bond donors (Lipinski definition) is 1. The molecular formula is C26H33BrO2. The number of benzene rings is 1. The van der Waals surface area contributed by atoms with Crippen molar-refractivity contribution in [3.63, 3.8) is 0 Å². The molecule has 0 heterocycles. The molecule has 4 aliphatic carbocycles. The summed E-state index contributed by atoms with van der Waals surface area (Å²) in [7, 11) is 0. The average molecular weight is 457 g/mol. The van der Waals surface area contributed by atoms with E-state index in [-0.39, 0.29) is 16.9 Å². The normalized spacial score (nSPS) is 45.6. The van der Waals surface area contributed by atoms with Crippen LogP contribution in [0, 0.1) is 34.5 Å². The number of Topliss-reactive ketones (excluding diaryl/α,β-unsaturated/α-hetero) is 1. The molecule has 0 bridgehead atoms. The monoisotopic (exact) mass is 456 g/mol. The van der Waals surface area contributed by atoms with Crippen LogP contribution in [0.25, 0.3) is 6.08 Å². The maximum atomic E-state index is 13.0. The molecule has 7 unspecified atom stereocenters. The van der Waals surface area contributed by atoms with E-state index in [9.17, 15) is 9.90 Å². The molecule has 5 rings (SSSR count). The number of fused-ring (bicyclic) bond motifs is 5. The van der Waals surface area contributed by atoms with E-state index in [2.05, 4.69) is 48.0 Å². The number of carbonyl (C=O) groups is 1. The molecule has 156 valence electrons. The number of aliphatic hydroxyl groups excluding tert-OH is 1. The first kappa shape index (κ1) is 20.0. The van der Waals surface area contributed by atoms with Crippen LogP contribution < -0.4 is 0 Å². The van der Waals surface area contributed by atoms with Gasteiger partial charge in [-0.1, -0.05) is 41.9 Å². The quantitative estimate of drug-likeness (QED) is 0.495. The third kappa shape index (κ3) is 3.10. The second-order valence-corrected chi connectivity index (χ2v) is 11.7. The van der Waals surface area contributed by atoms with Crippen molar-refractivity contribution in [2.75, 3.05) is 0 Å². The van der Waals surface area contributed by atoms with Crippen LogP contribution in [0.1, 0.15) is 70.8 Å². The molecule has 0 aromatic heterocycles. The third-order valence-electron chi connectivity index (χ3n) is 9.59. The number of aliphatic hydroxyl groups is 1. The Bertz CT molecular complexity index is 843. The van der Waals surface area contributed by atoms with Crippen molar-refractivity contribution in [3.8, 4) is 0 Å². The minimum Gasteiger partial charge on any atom is -0.393 e. The molecule has 1 aromatic rings. The van der Waals surface area contributed by atoms with Crippen LogP contribution in [0.4, 0.5) is 0 Å². The lowest BCUT2D eigenvalue weighted by atomic mass is 9.45. The van der Waals surface area contributed by atoms with Crippen LogP contribution in [0.2, 0.25) is 0 Å². The van der Waals surface area contributed by atoms with Gasteiger partial charge in [-0.3, -0.25) is 4.79 Å². The topological polar surface area (TPSA) is 37.3 Å². The molecular weight excluding hydrogens is 424 g/mol. The summed E-state index contributed by atoms with van der Waals surface area (Å²) in [4.78, 5) is 13.0. The highest BCUT2D eigenvalue weighted by atomic mass is 79.9. The Morgan fingerprint density at radius 2 is 1.72 bits per heavy atom. The molecule has 1 aromatic carbocycles. The van der Waals surface area contributed by atoms with Crippen molar-refractivity contribution in [1.82, 2.24) is 0 Å². The fraction of sp³-hybridized carbons (Fsp3) is 0.654. The molecule has 0 radical (unpaired) electrons. The van der Waals surface area contributed by atoms with Gasteiger partial charge in [0, 0.05) is 10.9 Å². The van der Waals surface area contributed by atoms with Gasteiger partial charge in [0.15, 0.2) is 5.78 Å². The average Bonchev–Trinajstić information content (AvgIpc) is 3.00. The van der Waals surface area contributed by atoms with Gasteiger partial charge in [0.2, 0.25) is 0 Å². The Balaban J connectivity index is 1.45. The smallest absolute Gasteiger partial charge is 0.159 e. The lowest BCUT2D eigenvalue weighted by molar-refractivity contribution is -0.134. The molecule has 0 aliphatic heterocycles. The van der Waals surface area contributed by atoms with Crippen LogP contribution in [-0.2, 0) is 4.79 Å². The lowest BCUT2D eigenvalue weighted by Gasteiger charge is -2.60. The predicted octanol–water partition coefficient (Wildman–Crippen LogP) is 6.42. The van der Waals surface area contributed by atoms with Gasteiger partial charge in [0.1, 0.15) is 0 Å². The van der Waals surface area contributed by atoms with Gasteiger partial charge in [-0.15, -0.1) is 0 Å². The number of carbonyl (C=O) groups excluding carboxylic acids is 1. The summed E-state index contributed by atoms with van der Waals surface area (Å²) in [5, 5.41) is 10.7. The SMILES string of the molecule is CC12CCC3C(CCC4CC(=O)/C(=C\c5ccc(Br)cc5)CC43C)C1CCC2O. The molecule has 0 spiro atoms. The molecule has 29 heavy (non-hydrogen) atoms. The Kier molecular flexibility index (Phi) is 4.86. The minimum absolute atomic E-state index is 0.111. The van der Waals surface area contributed by atoms with E-state index in [0.717, 1.165) is 47.2 Å². The van der Waals surface area contributed by atoms with E-state index in [0.29, 0.717) is 23.5 Å². The van der Waals surface area contributed by atoms with Gasteiger partial charge >= 0.3 is 0 Å². The minimum atomic E-state index is -0.111. The number of rotatable bonds is 1. The van der Waals surface area contributed by atoms with Crippen molar-refractivity contribution in [2.45, 2.75) is 71.3 Å². The Labute approximate surface area is 183 Å². The number of allylic oxidation sites excluding steroid dienone is 1. The van der Waals surface area contributed by atoms with E-state index in [1.165, 1.54) is 25.7 Å². The zero-order valence-corrected chi connectivity index (χ0v) is 19.2. The molecule has 1 N–H and O–H groups in total. The van der Waals surface area contributed by atoms with Crippen LogP contribution in [0.5, 0.6) is 0 Å². The largest absolute Gasteiger partial charge is 0.393 e. The second-order valence-electron chi connectivity index (χ2n) is 10.8. The van der Waals surface area contributed by atoms with E-state index in [4.69, 9.17) is 0 Å². The maximum absolute atomic E-state index is 13.0. The number of hydrogen-bond acceptors (Lipinski definition) is 2. The molecule has 7 atom stereocenters. The van der Waals surface area contributed by atoms with Crippen LogP contribution in [0.3, 0.4) is 0 Å². The molecule has 3 heteroatoms. The highest BCUT2D eigenvalue weighted by Crippen LogP contribution is 2.66. The molecule has 2 nitrogen and oxygen atoms in total. The van der Waals surface area contributed by atoms with Gasteiger partial charge in [-0.05, 0) is 109 Å². The van der Waals surface area contributed by atoms with E-state index < -0.39 is 0 Å². The fourth-order valence-corrected chi connectivity index (χ4v) is 8.14. The third-order valence-corrected chi connectivity index (χ3v) is 10.1. The van der Waals surface area contributed by atoms with E-state index in [1.807, 2.05) is 12.1 Å². The molecule has 4 aliphatic rings. The summed E-state index contributed by atoms with van der Waals surface area (Å²) in [5.74, 6) is 3.01. The van der Waals surface area contributed by atoms with Gasteiger partial charge in [-0.2, -0.15) is 0 Å². The first-order chi connectivity index (χ1) is 13.8. The highest BCUT2D eigenvalue weighted by molar-refractivity contribution is 9.10. The first-order valence-corrected chi connectivity index (χ1v) is 12.3. The molecule has 0 saturated heterocycles. The zero-order valence-electron chi connectivity index (χ0n) is 17.7. The molecule has 4 saturated carbocycles. The van der Waals surface area contributed by atoms with Gasteiger partial charge in [0.25, 0.3) is 0 Å². The first-order valence-electron chi connectivity index (χ1n) is 11.5. The fourth-order valence-electron chi connectivity index (χ4n) is 7.87. The Morgan fingerprint density at radius 1 is 1.00 bits per heavy atom. The van der Waals surface area contributed by atoms with Crippen molar-refractivity contribution < 1.29 is 9.90 Å². The summed E-state index contributed by atoms with van der Waals surface area (Å²) in [6.07, 6.45) is 10.7. The Morgan fingerprint density at radius 3 is 2.48 bits per heavy atom. The summed E-state index contributed by atoms with van der Waals surface area (Å²) in [5.41, 5.74) is 2.52. The van der Waals surface area contributed by atoms with Gasteiger partial charge in [-0.25, -0.2) is 0 Å². The lowest BCUT2D eigenvalue weighted by Crippen LogP contribution is -2.54. The number of halogens is 1. The predicted molar refractivity (Wildman–Crippen MR) is 120 cm³/mol. The number of ketones is 1. The second kappa shape index (κ2) is 7.05. The van der Waals surface area contributed by atoms with Crippen molar-refractivity contribution in [2.24, 2.45) is 34.5 Å². The molecule has 4 fully saturated rings. The summed E-state index contributed by atoms with van der Waals surface area (Å²) in [6, 6.07) is 8.28. The van der Waals surface area contributed by atoms with Crippen LogP contribution >= 0.6 is 15.9 Å². The van der Waals surface area contributed by atoms with Crippen LogP contribution in [-0.4, -0.2) is 17.0 Å². The van der Waals surface area contributed by atoms with E-state index >= 15 is 0 Å². The van der Waals surface area contributed by atoms with Gasteiger partial charge < -0.3 is 5.11 Å². The zero-order chi connectivity index (χ0) is 20.4. The highest BCUT2D eigenvalue weighted by Gasteiger charge is 2.60.